The van der Waals surface area contributed by atoms with Gasteiger partial charge in [-0.15, -0.1) is 0 Å². The van der Waals surface area contributed by atoms with Gasteiger partial charge in [-0.3, -0.25) is 4.68 Å². The molecular weight excluding hydrogens is 290 g/mol. The second-order valence-corrected chi connectivity index (χ2v) is 5.63. The highest BCUT2D eigenvalue weighted by Crippen LogP contribution is 2.21. The van der Waals surface area contributed by atoms with Crippen molar-refractivity contribution in [3.63, 3.8) is 0 Å². The molecule has 4 heteroatoms. The summed E-state index contributed by atoms with van der Waals surface area (Å²) < 4.78 is 2.87. The summed E-state index contributed by atoms with van der Waals surface area (Å²) in [6.07, 6.45) is 3.74. The van der Waals surface area contributed by atoms with E-state index in [0.29, 0.717) is 12.5 Å². The van der Waals surface area contributed by atoms with Crippen LogP contribution in [0.4, 0.5) is 0 Å². The molecule has 2 aromatic rings. The van der Waals surface area contributed by atoms with Crippen LogP contribution in [0.5, 0.6) is 0 Å². The van der Waals surface area contributed by atoms with E-state index in [9.17, 15) is 0 Å². The Morgan fingerprint density at radius 2 is 1.83 bits per heavy atom. The fraction of sp³-hybridized carbons (Fsp3) is 0.357. The maximum absolute atomic E-state index is 5.87. The lowest BCUT2D eigenvalue weighted by Crippen LogP contribution is -2.20. The molecule has 0 saturated carbocycles. The number of nitrogens with zero attached hydrogens (tertiary/aromatic N) is 2. The summed E-state index contributed by atoms with van der Waals surface area (Å²) in [5.74, 6) is 0.550. The first-order valence-corrected chi connectivity index (χ1v) is 6.90. The summed E-state index contributed by atoms with van der Waals surface area (Å²) in [5, 5.41) is 4.31. The van der Waals surface area contributed by atoms with Crippen molar-refractivity contribution in [3.05, 3.63) is 52.3 Å². The Labute approximate surface area is 116 Å². The average Bonchev–Trinajstić information content (AvgIpc) is 2.77. The number of rotatable bonds is 4. The summed E-state index contributed by atoms with van der Waals surface area (Å²) in [4.78, 5) is 0. The third-order valence-corrected chi connectivity index (χ3v) is 3.51. The van der Waals surface area contributed by atoms with Gasteiger partial charge >= 0.3 is 0 Å². The lowest BCUT2D eigenvalue weighted by atomic mass is 9.99. The highest BCUT2D eigenvalue weighted by atomic mass is 79.9. The summed E-state index contributed by atoms with van der Waals surface area (Å²) >= 11 is 3.41. The Kier molecular flexibility index (Phi) is 4.19. The van der Waals surface area contributed by atoms with Crippen LogP contribution in [0.25, 0.3) is 0 Å². The Hall–Kier alpha value is -1.13. The SMILES string of the molecule is CC(C)c1ccc(C(CN)n2cc(Br)cn2)cc1. The van der Waals surface area contributed by atoms with Gasteiger partial charge in [-0.25, -0.2) is 0 Å². The second kappa shape index (κ2) is 5.67. The summed E-state index contributed by atoms with van der Waals surface area (Å²) in [6.45, 7) is 4.93. The van der Waals surface area contributed by atoms with E-state index in [4.69, 9.17) is 5.73 Å². The largest absolute Gasteiger partial charge is 0.328 e. The van der Waals surface area contributed by atoms with Crippen LogP contribution in [0.3, 0.4) is 0 Å². The van der Waals surface area contributed by atoms with E-state index in [0.717, 1.165) is 4.47 Å². The zero-order valence-corrected chi connectivity index (χ0v) is 12.3. The number of aromatic nitrogens is 2. The average molecular weight is 308 g/mol. The van der Waals surface area contributed by atoms with Gasteiger partial charge in [0.05, 0.1) is 16.7 Å². The molecule has 1 aromatic heterocycles. The molecule has 0 radical (unpaired) electrons. The van der Waals surface area contributed by atoms with E-state index < -0.39 is 0 Å². The van der Waals surface area contributed by atoms with Crippen molar-refractivity contribution < 1.29 is 0 Å². The lowest BCUT2D eigenvalue weighted by Gasteiger charge is -2.17. The molecule has 1 aromatic carbocycles. The van der Waals surface area contributed by atoms with Crippen LogP contribution < -0.4 is 5.73 Å². The van der Waals surface area contributed by atoms with Crippen LogP contribution >= 0.6 is 15.9 Å². The molecule has 0 fully saturated rings. The second-order valence-electron chi connectivity index (χ2n) is 4.71. The topological polar surface area (TPSA) is 43.8 Å². The molecule has 0 saturated heterocycles. The van der Waals surface area contributed by atoms with Crippen molar-refractivity contribution >= 4 is 15.9 Å². The fourth-order valence-corrected chi connectivity index (χ4v) is 2.29. The molecule has 2 N–H and O–H groups in total. The molecule has 0 bridgehead atoms. The van der Waals surface area contributed by atoms with Gasteiger partial charge in [-0.05, 0) is 33.0 Å². The van der Waals surface area contributed by atoms with Gasteiger partial charge in [0.25, 0.3) is 0 Å². The summed E-state index contributed by atoms with van der Waals surface area (Å²) in [6, 6.07) is 8.71. The van der Waals surface area contributed by atoms with E-state index in [1.165, 1.54) is 11.1 Å². The first-order valence-electron chi connectivity index (χ1n) is 6.11. The Morgan fingerprint density at radius 1 is 1.22 bits per heavy atom. The first kappa shape index (κ1) is 13.3. The minimum absolute atomic E-state index is 0.0949. The predicted molar refractivity (Wildman–Crippen MR) is 77.7 cm³/mol. The van der Waals surface area contributed by atoms with E-state index in [1.807, 2.05) is 10.9 Å². The molecular formula is C14H18BrN3. The molecule has 0 aliphatic carbocycles. The lowest BCUT2D eigenvalue weighted by molar-refractivity contribution is 0.531. The third-order valence-electron chi connectivity index (χ3n) is 3.10. The minimum atomic E-state index is 0.0949. The van der Waals surface area contributed by atoms with Crippen molar-refractivity contribution in [2.24, 2.45) is 5.73 Å². The molecule has 3 nitrogen and oxygen atoms in total. The fourth-order valence-electron chi connectivity index (χ4n) is 1.99. The standard InChI is InChI=1S/C14H18BrN3/c1-10(2)11-3-5-12(6-4-11)14(7-16)18-9-13(15)8-17-18/h3-6,8-10,14H,7,16H2,1-2H3. The van der Waals surface area contributed by atoms with Gasteiger partial charge in [0.1, 0.15) is 0 Å². The van der Waals surface area contributed by atoms with Crippen LogP contribution in [0.1, 0.15) is 36.9 Å². The van der Waals surface area contributed by atoms with Crippen molar-refractivity contribution in [1.29, 1.82) is 0 Å². The first-order chi connectivity index (χ1) is 8.61. The van der Waals surface area contributed by atoms with Gasteiger partial charge in [0.2, 0.25) is 0 Å². The number of nitrogens with two attached hydrogens (primary N) is 1. The quantitative estimate of drug-likeness (QED) is 0.941. The highest BCUT2D eigenvalue weighted by Gasteiger charge is 2.13. The van der Waals surface area contributed by atoms with Crippen LogP contribution in [-0.2, 0) is 0 Å². The molecule has 1 unspecified atom stereocenters. The Morgan fingerprint density at radius 3 is 2.28 bits per heavy atom. The van der Waals surface area contributed by atoms with E-state index in [1.54, 1.807) is 6.20 Å². The number of halogens is 1. The molecule has 2 rings (SSSR count). The maximum atomic E-state index is 5.87. The van der Waals surface area contributed by atoms with E-state index >= 15 is 0 Å². The predicted octanol–water partition coefficient (Wildman–Crippen LogP) is 3.32. The van der Waals surface area contributed by atoms with Crippen molar-refractivity contribution in [2.75, 3.05) is 6.54 Å². The van der Waals surface area contributed by atoms with Crippen molar-refractivity contribution in [1.82, 2.24) is 9.78 Å². The molecule has 0 amide bonds. The van der Waals surface area contributed by atoms with Crippen molar-refractivity contribution in [2.45, 2.75) is 25.8 Å². The Balaban J connectivity index is 2.28. The van der Waals surface area contributed by atoms with E-state index in [2.05, 4.69) is 59.1 Å². The minimum Gasteiger partial charge on any atom is -0.328 e. The van der Waals surface area contributed by atoms with Gasteiger partial charge < -0.3 is 5.73 Å². The molecule has 0 aliphatic heterocycles. The Bertz CT molecular complexity index is 502. The van der Waals surface area contributed by atoms with Crippen molar-refractivity contribution in [3.8, 4) is 0 Å². The maximum Gasteiger partial charge on any atom is 0.0891 e. The number of benzene rings is 1. The smallest absolute Gasteiger partial charge is 0.0891 e. The molecule has 96 valence electrons. The van der Waals surface area contributed by atoms with Gasteiger partial charge in [-0.2, -0.15) is 5.10 Å². The van der Waals surface area contributed by atoms with E-state index in [-0.39, 0.29) is 6.04 Å². The zero-order valence-electron chi connectivity index (χ0n) is 10.7. The van der Waals surface area contributed by atoms with Crippen LogP contribution in [0, 0.1) is 0 Å². The zero-order chi connectivity index (χ0) is 13.1. The van der Waals surface area contributed by atoms with Crippen LogP contribution in [-0.4, -0.2) is 16.3 Å². The number of hydrogen-bond acceptors (Lipinski definition) is 2. The van der Waals surface area contributed by atoms with Crippen LogP contribution in [0.15, 0.2) is 41.1 Å². The molecule has 1 atom stereocenters. The van der Waals surface area contributed by atoms with Crippen LogP contribution in [0.2, 0.25) is 0 Å². The summed E-state index contributed by atoms with van der Waals surface area (Å²) in [5.41, 5.74) is 8.40. The van der Waals surface area contributed by atoms with Gasteiger partial charge in [-0.1, -0.05) is 38.1 Å². The normalized spacial score (nSPS) is 12.9. The third kappa shape index (κ3) is 2.82. The monoisotopic (exact) mass is 307 g/mol. The molecule has 0 spiro atoms. The molecule has 0 aliphatic rings. The highest BCUT2D eigenvalue weighted by molar-refractivity contribution is 9.10. The van der Waals surface area contributed by atoms with Gasteiger partial charge in [0.15, 0.2) is 0 Å². The number of hydrogen-bond donors (Lipinski definition) is 1. The molecule has 18 heavy (non-hydrogen) atoms. The molecule has 1 heterocycles. The van der Waals surface area contributed by atoms with Gasteiger partial charge in [0, 0.05) is 12.7 Å². The summed E-state index contributed by atoms with van der Waals surface area (Å²) in [7, 11) is 0.